The van der Waals surface area contributed by atoms with Crippen molar-refractivity contribution in [2.75, 3.05) is 20.2 Å². The molecule has 0 spiro atoms. The molecule has 2 atom stereocenters. The Labute approximate surface area is 118 Å². The van der Waals surface area contributed by atoms with Crippen molar-refractivity contribution in [1.82, 2.24) is 4.31 Å². The van der Waals surface area contributed by atoms with Gasteiger partial charge in [-0.3, -0.25) is 0 Å². The highest BCUT2D eigenvalue weighted by atomic mass is 32.2. The maximum Gasteiger partial charge on any atom is 0.243 e. The molecule has 0 amide bonds. The molecule has 1 aliphatic rings. The van der Waals surface area contributed by atoms with Crippen molar-refractivity contribution in [1.29, 1.82) is 0 Å². The molecule has 20 heavy (non-hydrogen) atoms. The van der Waals surface area contributed by atoms with Crippen molar-refractivity contribution in [2.45, 2.75) is 31.0 Å². The van der Waals surface area contributed by atoms with Gasteiger partial charge in [-0.15, -0.1) is 0 Å². The summed E-state index contributed by atoms with van der Waals surface area (Å²) in [7, 11) is -2.37. The molecule has 2 rings (SSSR count). The monoisotopic (exact) mass is 303 g/mol. The lowest BCUT2D eigenvalue weighted by Crippen LogP contribution is -2.30. The predicted molar refractivity (Wildman–Crippen MR) is 72.1 cm³/mol. The number of benzene rings is 1. The van der Waals surface area contributed by atoms with Gasteiger partial charge in [-0.1, -0.05) is 6.07 Å². The van der Waals surface area contributed by atoms with E-state index < -0.39 is 22.3 Å². The number of ether oxygens (including phenoxy) is 1. The number of hydrogen-bond acceptors (Lipinski definition) is 4. The van der Waals surface area contributed by atoms with Gasteiger partial charge < -0.3 is 9.84 Å². The zero-order chi connectivity index (χ0) is 15.1. The highest BCUT2D eigenvalue weighted by molar-refractivity contribution is 7.89. The molecule has 1 N–H and O–H groups in total. The standard InChI is InChI=1S/C13H18FNO4S/c1-8-4-9(2)13(5-12(8)19-3)20(17,18)15-6-10(14)11(16)7-15/h4-5,10-11,16H,6-7H2,1-3H3/t10-,11-/m1/s1. The number of nitrogens with zero attached hydrogens (tertiary/aromatic N) is 1. The van der Waals surface area contributed by atoms with Crippen LogP contribution in [0.3, 0.4) is 0 Å². The molecule has 5 nitrogen and oxygen atoms in total. The minimum atomic E-state index is -3.83. The third-order valence-electron chi connectivity index (χ3n) is 3.50. The summed E-state index contributed by atoms with van der Waals surface area (Å²) in [5.74, 6) is 0.464. The van der Waals surface area contributed by atoms with Crippen LogP contribution in [0.15, 0.2) is 17.0 Å². The second-order valence-corrected chi connectivity index (χ2v) is 6.90. The lowest BCUT2D eigenvalue weighted by molar-refractivity contribution is 0.117. The highest BCUT2D eigenvalue weighted by Crippen LogP contribution is 2.30. The molecule has 0 bridgehead atoms. The molecule has 0 radical (unpaired) electrons. The number of aryl methyl sites for hydroxylation is 2. The van der Waals surface area contributed by atoms with E-state index in [1.54, 1.807) is 13.0 Å². The Hall–Kier alpha value is -1.18. The summed E-state index contributed by atoms with van der Waals surface area (Å²) in [5, 5.41) is 9.39. The molecule has 1 aromatic rings. The minimum Gasteiger partial charge on any atom is -0.496 e. The van der Waals surface area contributed by atoms with E-state index in [0.717, 1.165) is 9.87 Å². The van der Waals surface area contributed by atoms with Crippen LogP contribution >= 0.6 is 0 Å². The van der Waals surface area contributed by atoms with Crippen LogP contribution in [0.4, 0.5) is 4.39 Å². The maximum absolute atomic E-state index is 13.3. The number of sulfonamides is 1. The third kappa shape index (κ3) is 2.53. The smallest absolute Gasteiger partial charge is 0.243 e. The molecule has 7 heteroatoms. The average Bonchev–Trinajstić information content (AvgIpc) is 2.70. The van der Waals surface area contributed by atoms with Gasteiger partial charge >= 0.3 is 0 Å². The first-order valence-corrected chi connectivity index (χ1v) is 7.69. The number of hydrogen-bond donors (Lipinski definition) is 1. The van der Waals surface area contributed by atoms with Crippen molar-refractivity contribution in [3.05, 3.63) is 23.3 Å². The molecule has 112 valence electrons. The number of alkyl halides is 1. The van der Waals surface area contributed by atoms with Crippen LogP contribution in [-0.2, 0) is 10.0 Å². The van der Waals surface area contributed by atoms with Crippen LogP contribution in [0.2, 0.25) is 0 Å². The number of methoxy groups -OCH3 is 1. The molecule has 0 aliphatic carbocycles. The summed E-state index contributed by atoms with van der Waals surface area (Å²) in [6, 6.07) is 3.16. The van der Waals surface area contributed by atoms with Gasteiger partial charge in [-0.25, -0.2) is 12.8 Å². The molecular weight excluding hydrogens is 285 g/mol. The number of β-amino-alcohol motifs (C(OH)–C–C–N with tert-alkyl or cyclic N) is 1. The van der Waals surface area contributed by atoms with Crippen LogP contribution in [0.5, 0.6) is 5.75 Å². The van der Waals surface area contributed by atoms with Crippen LogP contribution in [0, 0.1) is 13.8 Å². The first-order valence-electron chi connectivity index (χ1n) is 6.25. The molecule has 1 heterocycles. The lowest BCUT2D eigenvalue weighted by atomic mass is 10.1. The fourth-order valence-electron chi connectivity index (χ4n) is 2.36. The highest BCUT2D eigenvalue weighted by Gasteiger charge is 2.39. The quantitative estimate of drug-likeness (QED) is 0.905. The zero-order valence-electron chi connectivity index (χ0n) is 11.6. The molecule has 1 saturated heterocycles. The predicted octanol–water partition coefficient (Wildman–Crippen LogP) is 1.02. The van der Waals surface area contributed by atoms with E-state index in [9.17, 15) is 17.9 Å². The van der Waals surface area contributed by atoms with E-state index in [1.165, 1.54) is 13.2 Å². The van der Waals surface area contributed by atoms with E-state index >= 15 is 0 Å². The van der Waals surface area contributed by atoms with Gasteiger partial charge in [0.2, 0.25) is 10.0 Å². The molecule has 1 fully saturated rings. The number of rotatable bonds is 3. The van der Waals surface area contributed by atoms with Gasteiger partial charge in [0, 0.05) is 19.2 Å². The van der Waals surface area contributed by atoms with Gasteiger partial charge in [0.25, 0.3) is 0 Å². The Morgan fingerprint density at radius 1 is 1.30 bits per heavy atom. The van der Waals surface area contributed by atoms with Crippen LogP contribution < -0.4 is 4.74 Å². The van der Waals surface area contributed by atoms with Gasteiger partial charge in [0.15, 0.2) is 0 Å². The van der Waals surface area contributed by atoms with Gasteiger partial charge in [0.1, 0.15) is 18.0 Å². The summed E-state index contributed by atoms with van der Waals surface area (Å²) in [6.07, 6.45) is -2.81. The Kier molecular flexibility index (Phi) is 4.04. The lowest BCUT2D eigenvalue weighted by Gasteiger charge is -2.18. The summed E-state index contributed by atoms with van der Waals surface area (Å²) in [5.41, 5.74) is 1.40. The second kappa shape index (κ2) is 5.31. The molecule has 0 unspecified atom stereocenters. The number of halogens is 1. The number of aliphatic hydroxyl groups is 1. The molecule has 1 aliphatic heterocycles. The van der Waals surface area contributed by atoms with E-state index in [0.29, 0.717) is 11.3 Å². The summed E-state index contributed by atoms with van der Waals surface area (Å²) in [4.78, 5) is 0.0845. The van der Waals surface area contributed by atoms with Crippen LogP contribution in [-0.4, -0.2) is 50.3 Å². The first-order chi connectivity index (χ1) is 9.27. The largest absolute Gasteiger partial charge is 0.496 e. The van der Waals surface area contributed by atoms with Crippen molar-refractivity contribution in [3.8, 4) is 5.75 Å². The Morgan fingerprint density at radius 2 is 1.95 bits per heavy atom. The Bertz CT molecular complexity index is 607. The SMILES string of the molecule is COc1cc(S(=O)(=O)N2C[C@@H](O)[C@H](F)C2)c(C)cc1C. The van der Waals surface area contributed by atoms with Crippen molar-refractivity contribution < 1.29 is 22.7 Å². The third-order valence-corrected chi connectivity index (χ3v) is 5.47. The first kappa shape index (κ1) is 15.2. The number of aliphatic hydroxyl groups excluding tert-OH is 1. The zero-order valence-corrected chi connectivity index (χ0v) is 12.4. The summed E-state index contributed by atoms with van der Waals surface area (Å²) < 4.78 is 44.5. The molecule has 1 aromatic carbocycles. The minimum absolute atomic E-state index is 0.0845. The van der Waals surface area contributed by atoms with E-state index in [4.69, 9.17) is 4.74 Å². The van der Waals surface area contributed by atoms with E-state index in [2.05, 4.69) is 0 Å². The van der Waals surface area contributed by atoms with Crippen molar-refractivity contribution in [3.63, 3.8) is 0 Å². The molecule has 0 aromatic heterocycles. The van der Waals surface area contributed by atoms with Gasteiger partial charge in [-0.05, 0) is 25.0 Å². The van der Waals surface area contributed by atoms with Gasteiger partial charge in [0.05, 0.1) is 12.0 Å². The van der Waals surface area contributed by atoms with Crippen molar-refractivity contribution >= 4 is 10.0 Å². The second-order valence-electron chi connectivity index (χ2n) is 4.99. The average molecular weight is 303 g/mol. The fraction of sp³-hybridized carbons (Fsp3) is 0.538. The normalized spacial score (nSPS) is 24.1. The van der Waals surface area contributed by atoms with Crippen LogP contribution in [0.1, 0.15) is 11.1 Å². The van der Waals surface area contributed by atoms with Crippen LogP contribution in [0.25, 0.3) is 0 Å². The molecular formula is C13H18FNO4S. The van der Waals surface area contributed by atoms with E-state index in [1.807, 2.05) is 6.92 Å². The fourth-order valence-corrected chi connectivity index (χ4v) is 4.05. The molecule has 0 saturated carbocycles. The van der Waals surface area contributed by atoms with Crippen molar-refractivity contribution in [2.24, 2.45) is 0 Å². The summed E-state index contributed by atoms with van der Waals surface area (Å²) in [6.45, 7) is 2.95. The maximum atomic E-state index is 13.3. The van der Waals surface area contributed by atoms with E-state index in [-0.39, 0.29) is 18.0 Å². The Balaban J connectivity index is 2.45. The van der Waals surface area contributed by atoms with Gasteiger partial charge in [-0.2, -0.15) is 4.31 Å². The summed E-state index contributed by atoms with van der Waals surface area (Å²) >= 11 is 0. The topological polar surface area (TPSA) is 66.8 Å². The Morgan fingerprint density at radius 3 is 2.45 bits per heavy atom.